The van der Waals surface area contributed by atoms with Crippen LogP contribution in [0, 0.1) is 0 Å². The Hall–Kier alpha value is 0.379. The summed E-state index contributed by atoms with van der Waals surface area (Å²) in [5.41, 5.74) is -2.56. The van der Waals surface area contributed by atoms with Crippen LogP contribution in [0.2, 0.25) is 0 Å². The summed E-state index contributed by atoms with van der Waals surface area (Å²) in [7, 11) is 0. The van der Waals surface area contributed by atoms with Gasteiger partial charge in [-0.3, -0.25) is 0 Å². The molecule has 2 aromatic rings. The minimum absolute atomic E-state index is 0.000419. The number of aromatic nitrogens is 2. The summed E-state index contributed by atoms with van der Waals surface area (Å²) in [6, 6.07) is 4.23. The SMILES string of the molecule is CC(C)(C)P(=[Se])(Cn1c[n+](CP(=[Se])(C(C)(C)C)C(C)(C)C)c2ccc(C(F)(F)F)cc21)C(C)(C)C. The molecule has 0 saturated heterocycles. The number of imidazole rings is 1. The molecular formula is C26H44F3N2P2Se2+. The molecule has 2 rings (SSSR count). The first-order valence-corrected chi connectivity index (χ1v) is 20.4. The van der Waals surface area contributed by atoms with Crippen LogP contribution < -0.4 is 4.57 Å². The maximum atomic E-state index is 13.7. The Labute approximate surface area is 226 Å². The molecule has 0 spiro atoms. The van der Waals surface area contributed by atoms with Crippen LogP contribution >= 0.6 is 11.0 Å². The molecule has 0 bridgehead atoms. The third kappa shape index (κ3) is 6.02. The first-order valence-electron chi connectivity index (χ1n) is 12.0. The number of benzene rings is 1. The number of hydrogen-bond acceptors (Lipinski definition) is 0. The minimum atomic E-state index is -4.38. The average Bonchev–Trinajstić information content (AvgIpc) is 2.93. The number of halogens is 3. The van der Waals surface area contributed by atoms with E-state index in [9.17, 15) is 13.2 Å². The molecule has 0 amide bonds. The Balaban J connectivity index is 2.87. The van der Waals surface area contributed by atoms with Crippen molar-refractivity contribution in [3.05, 3.63) is 30.1 Å². The second-order valence-electron chi connectivity index (χ2n) is 13.7. The number of alkyl halides is 3. The van der Waals surface area contributed by atoms with Crippen LogP contribution in [-0.4, -0.2) is 55.4 Å². The van der Waals surface area contributed by atoms with Crippen molar-refractivity contribution in [1.29, 1.82) is 0 Å². The Morgan fingerprint density at radius 2 is 1.17 bits per heavy atom. The zero-order valence-corrected chi connectivity index (χ0v) is 28.7. The van der Waals surface area contributed by atoms with E-state index in [1.165, 1.54) is 12.1 Å². The van der Waals surface area contributed by atoms with Gasteiger partial charge < -0.3 is 0 Å². The van der Waals surface area contributed by atoms with Gasteiger partial charge in [-0.15, -0.1) is 0 Å². The van der Waals surface area contributed by atoms with Crippen molar-refractivity contribution in [3.8, 4) is 0 Å². The van der Waals surface area contributed by atoms with E-state index in [1.807, 2.05) is 0 Å². The van der Waals surface area contributed by atoms with Crippen molar-refractivity contribution >= 4 is 52.2 Å². The van der Waals surface area contributed by atoms with E-state index < -0.39 is 22.8 Å². The van der Waals surface area contributed by atoms with Gasteiger partial charge >= 0.3 is 227 Å². The summed E-state index contributed by atoms with van der Waals surface area (Å²) in [4.78, 5) is 0. The summed E-state index contributed by atoms with van der Waals surface area (Å²) >= 11 is 7.22. The third-order valence-electron chi connectivity index (χ3n) is 7.24. The molecule has 1 aromatic heterocycles. The molecule has 0 radical (unpaired) electrons. The average molecular weight is 662 g/mol. The molecule has 1 aromatic carbocycles. The van der Waals surface area contributed by atoms with Gasteiger partial charge in [0.2, 0.25) is 0 Å². The Morgan fingerprint density at radius 3 is 1.54 bits per heavy atom. The van der Waals surface area contributed by atoms with Gasteiger partial charge in [-0.2, -0.15) is 0 Å². The van der Waals surface area contributed by atoms with Crippen molar-refractivity contribution in [1.82, 2.24) is 4.57 Å². The van der Waals surface area contributed by atoms with Crippen LogP contribution in [0.1, 0.15) is 88.6 Å². The predicted octanol–water partition coefficient (Wildman–Crippen LogP) is 8.26. The first kappa shape index (κ1) is 31.6. The van der Waals surface area contributed by atoms with E-state index in [0.717, 1.165) is 11.8 Å². The van der Waals surface area contributed by atoms with Crippen LogP contribution in [0.25, 0.3) is 11.0 Å². The van der Waals surface area contributed by atoms with Gasteiger partial charge in [0.15, 0.2) is 0 Å². The molecule has 0 N–H and O–H groups in total. The number of hydrogen-bond donors (Lipinski definition) is 0. The Morgan fingerprint density at radius 1 is 0.743 bits per heavy atom. The zero-order valence-electron chi connectivity index (χ0n) is 23.5. The Kier molecular flexibility index (Phi) is 8.61. The van der Waals surface area contributed by atoms with Gasteiger partial charge in [-0.1, -0.05) is 0 Å². The second kappa shape index (κ2) is 9.54. The summed E-state index contributed by atoms with van der Waals surface area (Å²) < 4.78 is 45.5. The monoisotopic (exact) mass is 663 g/mol. The van der Waals surface area contributed by atoms with Crippen molar-refractivity contribution < 1.29 is 17.7 Å². The molecule has 1 heterocycles. The fraction of sp³-hybridized carbons (Fsp3) is 0.731. The molecule has 0 unspecified atom stereocenters. The van der Waals surface area contributed by atoms with Crippen LogP contribution in [0.4, 0.5) is 13.2 Å². The number of fused-ring (bicyclic) bond motifs is 1. The fourth-order valence-corrected chi connectivity index (χ4v) is 13.6. The van der Waals surface area contributed by atoms with E-state index in [0.29, 0.717) is 11.8 Å². The normalized spacial score (nSPS) is 15.2. The second-order valence-corrected chi connectivity index (χ2v) is 30.4. The zero-order chi connectivity index (χ0) is 27.6. The van der Waals surface area contributed by atoms with Crippen molar-refractivity contribution in [3.63, 3.8) is 0 Å². The van der Waals surface area contributed by atoms with E-state index >= 15 is 0 Å². The van der Waals surface area contributed by atoms with Gasteiger partial charge in [-0.05, 0) is 0 Å². The van der Waals surface area contributed by atoms with Crippen molar-refractivity contribution in [2.24, 2.45) is 0 Å². The standard InChI is InChI=1S/C26H44F3N2P2Se2/c1-22(2,3)32(34,23(4,5)6)17-30-16-31(18-33(35,24(7,8)9)25(10,11)12)21-15-19(26(27,28)29)13-14-20(21)30/h13-16H,17-18H2,1-12H3/q+1. The van der Waals surface area contributed by atoms with Crippen LogP contribution in [0.5, 0.6) is 0 Å². The molecular weight excluding hydrogens is 617 g/mol. The summed E-state index contributed by atoms with van der Waals surface area (Å²) in [6.45, 7) is 27.2. The molecule has 0 atom stereocenters. The first-order chi connectivity index (χ1) is 15.3. The van der Waals surface area contributed by atoms with Crippen LogP contribution in [0.15, 0.2) is 24.5 Å². The van der Waals surface area contributed by atoms with E-state index in [2.05, 4.69) is 129 Å². The third-order valence-corrected chi connectivity index (χ3v) is 32.6. The van der Waals surface area contributed by atoms with Gasteiger partial charge in [0.05, 0.1) is 0 Å². The van der Waals surface area contributed by atoms with E-state index in [-0.39, 0.29) is 20.6 Å². The maximum absolute atomic E-state index is 13.7. The molecule has 0 saturated carbocycles. The van der Waals surface area contributed by atoms with Crippen LogP contribution in [0.3, 0.4) is 0 Å². The molecule has 35 heavy (non-hydrogen) atoms. The quantitative estimate of drug-likeness (QED) is 0.177. The molecule has 2 nitrogen and oxygen atoms in total. The molecule has 9 heteroatoms. The van der Waals surface area contributed by atoms with E-state index in [4.69, 9.17) is 0 Å². The van der Waals surface area contributed by atoms with Gasteiger partial charge in [0.25, 0.3) is 0 Å². The summed E-state index contributed by atoms with van der Waals surface area (Å²) in [6.07, 6.45) is -0.829. The fourth-order valence-electron chi connectivity index (χ4n) is 4.98. The number of rotatable bonds is 4. The predicted molar refractivity (Wildman–Crippen MR) is 151 cm³/mol. The molecule has 0 aliphatic carbocycles. The Bertz CT molecular complexity index is 1150. The summed E-state index contributed by atoms with van der Waals surface area (Å²) in [5, 5.41) is 0.0935. The summed E-state index contributed by atoms with van der Waals surface area (Å²) in [5.74, 6) is 0. The topological polar surface area (TPSA) is 8.81 Å². The van der Waals surface area contributed by atoms with E-state index in [1.54, 1.807) is 6.07 Å². The number of nitrogens with zero attached hydrogens (tertiary/aromatic N) is 2. The van der Waals surface area contributed by atoms with Gasteiger partial charge in [0, 0.05) is 0 Å². The molecule has 0 aliphatic heterocycles. The molecule has 0 aliphatic rings. The molecule has 0 fully saturated rings. The van der Waals surface area contributed by atoms with Crippen molar-refractivity contribution in [2.75, 3.05) is 0 Å². The molecule has 200 valence electrons. The van der Waals surface area contributed by atoms with Crippen molar-refractivity contribution in [2.45, 2.75) is 122 Å². The van der Waals surface area contributed by atoms with Crippen LogP contribution in [-0.2, 0) is 18.7 Å². The van der Waals surface area contributed by atoms with Gasteiger partial charge in [0.1, 0.15) is 0 Å². The van der Waals surface area contributed by atoms with Gasteiger partial charge in [-0.25, -0.2) is 0 Å².